The van der Waals surface area contributed by atoms with Crippen LogP contribution < -0.4 is 14.8 Å². The van der Waals surface area contributed by atoms with E-state index in [1.807, 2.05) is 42.5 Å². The molecule has 30 heavy (non-hydrogen) atoms. The van der Waals surface area contributed by atoms with E-state index in [0.29, 0.717) is 23.9 Å². The van der Waals surface area contributed by atoms with Gasteiger partial charge in [0.15, 0.2) is 17.3 Å². The van der Waals surface area contributed by atoms with Crippen LogP contribution in [0.2, 0.25) is 0 Å². The Balaban J connectivity index is 1.64. The van der Waals surface area contributed by atoms with Gasteiger partial charge < -0.3 is 19.3 Å². The van der Waals surface area contributed by atoms with E-state index in [1.165, 1.54) is 5.56 Å². The van der Waals surface area contributed by atoms with Crippen molar-refractivity contribution >= 4 is 11.7 Å². The number of amides is 1. The summed E-state index contributed by atoms with van der Waals surface area (Å²) in [6.07, 6.45) is 0.815. The van der Waals surface area contributed by atoms with Crippen LogP contribution in [-0.4, -0.2) is 36.7 Å². The van der Waals surface area contributed by atoms with Gasteiger partial charge in [-0.15, -0.1) is 0 Å². The smallest absolute Gasteiger partial charge is 0.247 e. The molecule has 2 heterocycles. The minimum atomic E-state index is -0.454. The van der Waals surface area contributed by atoms with Crippen LogP contribution in [0.3, 0.4) is 0 Å². The van der Waals surface area contributed by atoms with E-state index in [-0.39, 0.29) is 5.91 Å². The lowest BCUT2D eigenvalue weighted by Gasteiger charge is -2.35. The fourth-order valence-corrected chi connectivity index (χ4v) is 3.91. The van der Waals surface area contributed by atoms with Gasteiger partial charge in [0.1, 0.15) is 11.8 Å². The number of nitrogens with zero attached hydrogens (tertiary/aromatic N) is 2. The monoisotopic (exact) mass is 407 g/mol. The van der Waals surface area contributed by atoms with Gasteiger partial charge in [-0.05, 0) is 42.2 Å². The summed E-state index contributed by atoms with van der Waals surface area (Å²) in [7, 11) is 3.27. The third-order valence-corrected chi connectivity index (χ3v) is 5.36. The van der Waals surface area contributed by atoms with E-state index >= 15 is 0 Å². The molecule has 0 saturated carbocycles. The normalized spacial score (nSPS) is 14.6. The average Bonchev–Trinajstić information content (AvgIpc) is 3.18. The standard InChI is InChI=1S/C23H25N3O4/c1-15-11-21(25-30-15)24-23(27)22(16-7-5-4-6-8-16)26-10-9-17-12-19(28-2)20(29-3)13-18(17)14-26/h4-8,11-13,22H,9-10,14H2,1-3H3,(H,24,25,27)/t22-/m1/s1. The molecule has 7 heteroatoms. The van der Waals surface area contributed by atoms with Gasteiger partial charge in [0.2, 0.25) is 5.91 Å². The first kappa shape index (κ1) is 20.0. The lowest BCUT2D eigenvalue weighted by Crippen LogP contribution is -2.40. The van der Waals surface area contributed by atoms with Crippen LogP contribution in [-0.2, 0) is 17.8 Å². The number of ether oxygens (including phenoxy) is 2. The molecule has 1 amide bonds. The number of aryl methyl sites for hydroxylation is 1. The Labute approximate surface area is 175 Å². The predicted molar refractivity (Wildman–Crippen MR) is 113 cm³/mol. The van der Waals surface area contributed by atoms with Crippen molar-refractivity contribution in [3.8, 4) is 11.5 Å². The Kier molecular flexibility index (Phi) is 5.72. The lowest BCUT2D eigenvalue weighted by molar-refractivity contribution is -0.122. The second kappa shape index (κ2) is 8.59. The summed E-state index contributed by atoms with van der Waals surface area (Å²) in [5, 5.41) is 6.79. The van der Waals surface area contributed by atoms with Crippen LogP contribution in [0, 0.1) is 6.92 Å². The van der Waals surface area contributed by atoms with Crippen LogP contribution in [0.25, 0.3) is 0 Å². The first-order valence-electron chi connectivity index (χ1n) is 9.86. The number of nitrogens with one attached hydrogen (secondary N) is 1. The van der Waals surface area contributed by atoms with E-state index in [2.05, 4.69) is 15.4 Å². The van der Waals surface area contributed by atoms with Gasteiger partial charge in [0.25, 0.3) is 0 Å². The molecule has 0 radical (unpaired) electrons. The lowest BCUT2D eigenvalue weighted by atomic mass is 9.95. The molecule has 0 unspecified atom stereocenters. The number of hydrogen-bond donors (Lipinski definition) is 1. The third-order valence-electron chi connectivity index (χ3n) is 5.36. The molecule has 1 aromatic heterocycles. The summed E-state index contributed by atoms with van der Waals surface area (Å²) < 4.78 is 16.0. The highest BCUT2D eigenvalue weighted by Gasteiger charge is 2.31. The van der Waals surface area contributed by atoms with E-state index in [9.17, 15) is 4.79 Å². The van der Waals surface area contributed by atoms with E-state index in [4.69, 9.17) is 14.0 Å². The summed E-state index contributed by atoms with van der Waals surface area (Å²) in [5.41, 5.74) is 3.27. The zero-order chi connectivity index (χ0) is 21.1. The van der Waals surface area contributed by atoms with Gasteiger partial charge in [0.05, 0.1) is 14.2 Å². The van der Waals surface area contributed by atoms with E-state index < -0.39 is 6.04 Å². The number of rotatable bonds is 6. The molecule has 1 aliphatic rings. The molecule has 7 nitrogen and oxygen atoms in total. The first-order chi connectivity index (χ1) is 14.6. The van der Waals surface area contributed by atoms with Crippen LogP contribution in [0.1, 0.15) is 28.5 Å². The molecule has 1 N–H and O–H groups in total. The highest BCUT2D eigenvalue weighted by Crippen LogP contribution is 2.35. The number of carbonyl (C=O) groups excluding carboxylic acids is 1. The quantitative estimate of drug-likeness (QED) is 0.671. The summed E-state index contributed by atoms with van der Waals surface area (Å²) in [6.45, 7) is 3.16. The zero-order valence-corrected chi connectivity index (χ0v) is 17.3. The molecule has 4 rings (SSSR count). The van der Waals surface area contributed by atoms with Crippen molar-refractivity contribution in [3.63, 3.8) is 0 Å². The summed E-state index contributed by atoms with van der Waals surface area (Å²) >= 11 is 0. The first-order valence-corrected chi connectivity index (χ1v) is 9.86. The molecule has 1 atom stereocenters. The topological polar surface area (TPSA) is 76.8 Å². The molecular formula is C23H25N3O4. The van der Waals surface area contributed by atoms with E-state index in [1.54, 1.807) is 27.2 Å². The van der Waals surface area contributed by atoms with Crippen LogP contribution >= 0.6 is 0 Å². The van der Waals surface area contributed by atoms with Crippen molar-refractivity contribution in [2.45, 2.75) is 25.9 Å². The van der Waals surface area contributed by atoms with Crippen molar-refractivity contribution in [2.75, 3.05) is 26.1 Å². The average molecular weight is 407 g/mol. The Morgan fingerprint density at radius 1 is 1.10 bits per heavy atom. The molecule has 3 aromatic rings. The van der Waals surface area contributed by atoms with Crippen molar-refractivity contribution in [2.24, 2.45) is 0 Å². The summed E-state index contributed by atoms with van der Waals surface area (Å²) in [6, 6.07) is 15.1. The fourth-order valence-electron chi connectivity index (χ4n) is 3.91. The maximum Gasteiger partial charge on any atom is 0.247 e. The molecule has 156 valence electrons. The molecule has 0 fully saturated rings. The van der Waals surface area contributed by atoms with E-state index in [0.717, 1.165) is 29.8 Å². The molecule has 0 aliphatic carbocycles. The molecule has 0 saturated heterocycles. The number of carbonyl (C=O) groups is 1. The highest BCUT2D eigenvalue weighted by atomic mass is 16.5. The van der Waals surface area contributed by atoms with Crippen molar-refractivity contribution < 1.29 is 18.8 Å². The van der Waals surface area contributed by atoms with Crippen molar-refractivity contribution in [1.82, 2.24) is 10.1 Å². The SMILES string of the molecule is COc1cc2c(cc1OC)CN([C@@H](C(=O)Nc1cc(C)on1)c1ccccc1)CC2. The van der Waals surface area contributed by atoms with Crippen LogP contribution in [0.5, 0.6) is 11.5 Å². The number of anilines is 1. The number of benzene rings is 2. The Morgan fingerprint density at radius 2 is 1.80 bits per heavy atom. The zero-order valence-electron chi connectivity index (χ0n) is 17.3. The molecule has 0 bridgehead atoms. The van der Waals surface area contributed by atoms with Crippen LogP contribution in [0.4, 0.5) is 5.82 Å². The maximum atomic E-state index is 13.3. The third kappa shape index (κ3) is 4.02. The van der Waals surface area contributed by atoms with Gasteiger partial charge in [-0.3, -0.25) is 9.69 Å². The van der Waals surface area contributed by atoms with Gasteiger partial charge in [0, 0.05) is 19.2 Å². The molecule has 1 aliphatic heterocycles. The Hall–Kier alpha value is -3.32. The molecule has 2 aromatic carbocycles. The van der Waals surface area contributed by atoms with Crippen molar-refractivity contribution in [1.29, 1.82) is 0 Å². The Bertz CT molecular complexity index is 1030. The second-order valence-electron chi connectivity index (χ2n) is 7.32. The minimum Gasteiger partial charge on any atom is -0.493 e. The van der Waals surface area contributed by atoms with Gasteiger partial charge in [-0.1, -0.05) is 35.5 Å². The summed E-state index contributed by atoms with van der Waals surface area (Å²) in [4.78, 5) is 15.5. The summed E-state index contributed by atoms with van der Waals surface area (Å²) in [5.74, 6) is 2.34. The minimum absolute atomic E-state index is 0.140. The van der Waals surface area contributed by atoms with Gasteiger partial charge >= 0.3 is 0 Å². The van der Waals surface area contributed by atoms with Crippen LogP contribution in [0.15, 0.2) is 53.1 Å². The second-order valence-corrected chi connectivity index (χ2v) is 7.32. The molecular weight excluding hydrogens is 382 g/mol. The number of methoxy groups -OCH3 is 2. The van der Waals surface area contributed by atoms with Gasteiger partial charge in [-0.25, -0.2) is 0 Å². The number of hydrogen-bond acceptors (Lipinski definition) is 6. The highest BCUT2D eigenvalue weighted by molar-refractivity contribution is 5.94. The van der Waals surface area contributed by atoms with Gasteiger partial charge in [-0.2, -0.15) is 0 Å². The largest absolute Gasteiger partial charge is 0.493 e. The van der Waals surface area contributed by atoms with Crippen molar-refractivity contribution in [3.05, 3.63) is 71.0 Å². The number of fused-ring (bicyclic) bond motifs is 1. The Morgan fingerprint density at radius 3 is 2.43 bits per heavy atom. The predicted octanol–water partition coefficient (Wildman–Crippen LogP) is 3.74. The maximum absolute atomic E-state index is 13.3. The molecule has 0 spiro atoms. The number of aromatic nitrogens is 1. The fraction of sp³-hybridized carbons (Fsp3) is 0.304.